The highest BCUT2D eigenvalue weighted by Gasteiger charge is 2.12. The second-order valence-corrected chi connectivity index (χ2v) is 7.11. The smallest absolute Gasteiger partial charge is 0.331 e. The Labute approximate surface area is 163 Å². The summed E-state index contributed by atoms with van der Waals surface area (Å²) in [6, 6.07) is 17.4. The molecule has 0 saturated carbocycles. The molecule has 2 aromatic carbocycles. The van der Waals surface area contributed by atoms with Gasteiger partial charge < -0.3 is 15.0 Å². The van der Waals surface area contributed by atoms with Gasteiger partial charge in [-0.1, -0.05) is 30.0 Å². The molecule has 0 aromatic heterocycles. The van der Waals surface area contributed by atoms with Crippen molar-refractivity contribution in [3.05, 3.63) is 66.1 Å². The summed E-state index contributed by atoms with van der Waals surface area (Å²) >= 11 is 1.41. The first kappa shape index (κ1) is 19.0. The average molecular weight is 382 g/mol. The number of hydrogen-bond donors (Lipinski definition) is 1. The van der Waals surface area contributed by atoms with Crippen molar-refractivity contribution in [2.24, 2.45) is 0 Å². The molecule has 1 amide bonds. The number of esters is 1. The molecular weight excluding hydrogens is 360 g/mol. The van der Waals surface area contributed by atoms with E-state index in [1.807, 2.05) is 54.6 Å². The van der Waals surface area contributed by atoms with Crippen molar-refractivity contribution in [1.82, 2.24) is 0 Å². The van der Waals surface area contributed by atoms with Crippen LogP contribution in [0.2, 0.25) is 0 Å². The SMILES string of the molecule is O=C(COC(=O)/C=C/Sc1ccccc1)Nc1ccc(N2CCCC2)cc1. The second kappa shape index (κ2) is 9.83. The highest BCUT2D eigenvalue weighted by molar-refractivity contribution is 8.02. The highest BCUT2D eigenvalue weighted by atomic mass is 32.2. The molecule has 5 nitrogen and oxygen atoms in total. The van der Waals surface area contributed by atoms with Gasteiger partial charge in [-0.3, -0.25) is 4.79 Å². The van der Waals surface area contributed by atoms with Crippen molar-refractivity contribution in [1.29, 1.82) is 0 Å². The fourth-order valence-electron chi connectivity index (χ4n) is 2.78. The molecule has 2 aromatic rings. The third kappa shape index (κ3) is 6.18. The van der Waals surface area contributed by atoms with E-state index in [4.69, 9.17) is 4.74 Å². The molecule has 0 atom stereocenters. The summed E-state index contributed by atoms with van der Waals surface area (Å²) in [7, 11) is 0. The van der Waals surface area contributed by atoms with Crippen LogP contribution in [0.25, 0.3) is 0 Å². The zero-order valence-electron chi connectivity index (χ0n) is 15.0. The van der Waals surface area contributed by atoms with Crippen LogP contribution in [0.4, 0.5) is 11.4 Å². The van der Waals surface area contributed by atoms with Gasteiger partial charge in [0.15, 0.2) is 6.61 Å². The van der Waals surface area contributed by atoms with Crippen LogP contribution < -0.4 is 10.2 Å². The van der Waals surface area contributed by atoms with Crippen LogP contribution in [0, 0.1) is 0 Å². The van der Waals surface area contributed by atoms with Gasteiger partial charge in [0.1, 0.15) is 0 Å². The first-order chi connectivity index (χ1) is 13.2. The number of nitrogens with zero attached hydrogens (tertiary/aromatic N) is 1. The molecule has 27 heavy (non-hydrogen) atoms. The van der Waals surface area contributed by atoms with E-state index in [9.17, 15) is 9.59 Å². The molecule has 0 aliphatic carbocycles. The molecule has 1 fully saturated rings. The average Bonchev–Trinajstić information content (AvgIpc) is 3.23. The maximum atomic E-state index is 11.9. The molecule has 0 bridgehead atoms. The Morgan fingerprint density at radius 3 is 2.44 bits per heavy atom. The number of anilines is 2. The van der Waals surface area contributed by atoms with Crippen LogP contribution in [0.5, 0.6) is 0 Å². The van der Waals surface area contributed by atoms with Gasteiger partial charge in [0, 0.05) is 35.4 Å². The van der Waals surface area contributed by atoms with E-state index >= 15 is 0 Å². The fraction of sp³-hybridized carbons (Fsp3) is 0.238. The van der Waals surface area contributed by atoms with Gasteiger partial charge in [-0.25, -0.2) is 4.79 Å². The third-order valence-electron chi connectivity index (χ3n) is 4.12. The summed E-state index contributed by atoms with van der Waals surface area (Å²) in [5, 5.41) is 4.38. The number of hydrogen-bond acceptors (Lipinski definition) is 5. The zero-order valence-corrected chi connectivity index (χ0v) is 15.8. The predicted octanol–water partition coefficient (Wildman–Crippen LogP) is 4.07. The topological polar surface area (TPSA) is 58.6 Å². The molecule has 3 rings (SSSR count). The van der Waals surface area contributed by atoms with E-state index in [-0.39, 0.29) is 12.5 Å². The molecule has 140 valence electrons. The first-order valence-electron chi connectivity index (χ1n) is 8.90. The van der Waals surface area contributed by atoms with E-state index in [2.05, 4.69) is 10.2 Å². The number of amides is 1. The normalized spacial score (nSPS) is 13.7. The van der Waals surface area contributed by atoms with Crippen molar-refractivity contribution < 1.29 is 14.3 Å². The summed E-state index contributed by atoms with van der Waals surface area (Å²) in [4.78, 5) is 27.0. The number of rotatable bonds is 7. The number of ether oxygens (including phenoxy) is 1. The fourth-order valence-corrected chi connectivity index (χ4v) is 3.43. The number of nitrogens with one attached hydrogen (secondary N) is 1. The maximum absolute atomic E-state index is 11.9. The van der Waals surface area contributed by atoms with Gasteiger partial charge in [0.05, 0.1) is 0 Å². The van der Waals surface area contributed by atoms with E-state index in [1.165, 1.54) is 30.7 Å². The van der Waals surface area contributed by atoms with Crippen LogP contribution in [0.1, 0.15) is 12.8 Å². The molecular formula is C21H22N2O3S. The molecule has 1 saturated heterocycles. The lowest BCUT2D eigenvalue weighted by Crippen LogP contribution is -2.20. The minimum Gasteiger partial charge on any atom is -0.452 e. The van der Waals surface area contributed by atoms with Crippen LogP contribution in [-0.4, -0.2) is 31.6 Å². The van der Waals surface area contributed by atoms with Crippen molar-refractivity contribution >= 4 is 35.0 Å². The van der Waals surface area contributed by atoms with Gasteiger partial charge in [0.25, 0.3) is 5.91 Å². The Morgan fingerprint density at radius 2 is 1.74 bits per heavy atom. The lowest BCUT2D eigenvalue weighted by molar-refractivity contribution is -0.142. The minimum atomic E-state index is -0.544. The van der Waals surface area contributed by atoms with E-state index in [0.29, 0.717) is 5.69 Å². The van der Waals surface area contributed by atoms with Gasteiger partial charge >= 0.3 is 5.97 Å². The summed E-state index contributed by atoms with van der Waals surface area (Å²) in [5.74, 6) is -0.903. The van der Waals surface area contributed by atoms with Crippen LogP contribution in [0.15, 0.2) is 71.0 Å². The number of thioether (sulfide) groups is 1. The lowest BCUT2D eigenvalue weighted by Gasteiger charge is -2.17. The Balaban J connectivity index is 1.39. The van der Waals surface area contributed by atoms with Crippen molar-refractivity contribution in [3.63, 3.8) is 0 Å². The van der Waals surface area contributed by atoms with Crippen LogP contribution in [-0.2, 0) is 14.3 Å². The summed E-state index contributed by atoms with van der Waals surface area (Å²) < 4.78 is 4.96. The molecule has 1 heterocycles. The largest absolute Gasteiger partial charge is 0.452 e. The van der Waals surface area contributed by atoms with Gasteiger partial charge in [-0.05, 0) is 54.6 Å². The van der Waals surface area contributed by atoms with Crippen LogP contribution in [0.3, 0.4) is 0 Å². The molecule has 0 spiro atoms. The highest BCUT2D eigenvalue weighted by Crippen LogP contribution is 2.22. The first-order valence-corrected chi connectivity index (χ1v) is 9.78. The predicted molar refractivity (Wildman–Crippen MR) is 109 cm³/mol. The zero-order chi connectivity index (χ0) is 18.9. The number of carbonyl (C=O) groups excluding carboxylic acids is 2. The van der Waals surface area contributed by atoms with Crippen molar-refractivity contribution in [2.75, 3.05) is 29.9 Å². The Kier molecular flexibility index (Phi) is 6.93. The summed E-state index contributed by atoms with van der Waals surface area (Å²) in [6.45, 7) is 1.85. The molecule has 6 heteroatoms. The summed E-state index contributed by atoms with van der Waals surface area (Å²) in [6.07, 6.45) is 3.76. The Morgan fingerprint density at radius 1 is 1.04 bits per heavy atom. The quantitative estimate of drug-likeness (QED) is 0.444. The van der Waals surface area contributed by atoms with Gasteiger partial charge in [-0.15, -0.1) is 0 Å². The lowest BCUT2D eigenvalue weighted by atomic mass is 10.2. The van der Waals surface area contributed by atoms with E-state index in [1.54, 1.807) is 5.41 Å². The van der Waals surface area contributed by atoms with Gasteiger partial charge in [-0.2, -0.15) is 0 Å². The molecule has 1 aliphatic rings. The van der Waals surface area contributed by atoms with Crippen LogP contribution >= 0.6 is 11.8 Å². The molecule has 0 unspecified atom stereocenters. The van der Waals surface area contributed by atoms with E-state index in [0.717, 1.165) is 23.7 Å². The second-order valence-electron chi connectivity index (χ2n) is 6.13. The third-order valence-corrected chi connectivity index (χ3v) is 4.94. The number of carbonyl (C=O) groups is 2. The molecule has 1 N–H and O–H groups in total. The summed E-state index contributed by atoms with van der Waals surface area (Å²) in [5.41, 5.74) is 1.85. The van der Waals surface area contributed by atoms with Gasteiger partial charge in [0.2, 0.25) is 0 Å². The standard InChI is InChI=1S/C21H22N2O3S/c24-20(16-26-21(25)12-15-27-19-6-2-1-3-7-19)22-17-8-10-18(11-9-17)23-13-4-5-14-23/h1-3,6-12,15H,4-5,13-14,16H2,(H,22,24)/b15-12+. The Hall–Kier alpha value is -2.73. The van der Waals surface area contributed by atoms with E-state index < -0.39 is 5.97 Å². The van der Waals surface area contributed by atoms with Crippen molar-refractivity contribution in [2.45, 2.75) is 17.7 Å². The Bertz CT molecular complexity index is 785. The molecule has 0 radical (unpaired) electrons. The number of benzene rings is 2. The molecule has 1 aliphatic heterocycles. The van der Waals surface area contributed by atoms with Crippen molar-refractivity contribution in [3.8, 4) is 0 Å². The monoisotopic (exact) mass is 382 g/mol. The maximum Gasteiger partial charge on any atom is 0.331 e. The minimum absolute atomic E-state index is 0.312.